The number of esters is 3. The lowest BCUT2D eigenvalue weighted by molar-refractivity contribution is -0.143. The third kappa shape index (κ3) is 9.28. The largest absolute Gasteiger partial charge is 0.494 e. The Kier molecular flexibility index (Phi) is 11.2. The molecule has 0 saturated heterocycles. The first-order valence-corrected chi connectivity index (χ1v) is 12.5. The van der Waals surface area contributed by atoms with Gasteiger partial charge in [0, 0.05) is 19.3 Å². The minimum atomic E-state index is -0.479. The van der Waals surface area contributed by atoms with Crippen molar-refractivity contribution in [2.45, 2.75) is 39.0 Å². The molecule has 0 aliphatic heterocycles. The molecule has 0 atom stereocenters. The molecule has 0 radical (unpaired) electrons. The maximum atomic E-state index is 12.5. The summed E-state index contributed by atoms with van der Waals surface area (Å²) in [5.74, 6) is 1.10. The predicted octanol–water partition coefficient (Wildman–Crippen LogP) is 5.94. The van der Waals surface area contributed by atoms with Crippen LogP contribution in [-0.4, -0.2) is 37.7 Å². The van der Waals surface area contributed by atoms with Crippen LogP contribution >= 0.6 is 0 Å². The van der Waals surface area contributed by atoms with Gasteiger partial charge in [-0.15, -0.1) is 0 Å². The van der Waals surface area contributed by atoms with Crippen molar-refractivity contribution in [2.24, 2.45) is 0 Å². The second-order valence-electron chi connectivity index (χ2n) is 8.32. The summed E-state index contributed by atoms with van der Waals surface area (Å²) in [7, 11) is 0. The number of carbonyl (C=O) groups is 3. The number of hydrogen-bond donors (Lipinski definition) is 0. The van der Waals surface area contributed by atoms with E-state index in [1.807, 2.05) is 0 Å². The Morgan fingerprint density at radius 1 is 0.763 bits per heavy atom. The molecule has 8 nitrogen and oxygen atoms in total. The number of unbranched alkanes of at least 4 members (excludes halogenated alkanes) is 1. The standard InChI is InChI=1S/C30H32O8/c1-3-19-34-24-11-7-22(8-12-24)29(32)37-26-15-17-27(18-16-26)38-30(33)23-9-13-25(14-10-23)35-20-5-6-21-36-28(31)4-2/h3,7-15,17H,1,4-6,16,18-21H2,2H3. The minimum Gasteiger partial charge on any atom is -0.494 e. The van der Waals surface area contributed by atoms with Gasteiger partial charge >= 0.3 is 17.9 Å². The molecule has 1 aliphatic carbocycles. The van der Waals surface area contributed by atoms with Crippen molar-refractivity contribution >= 4 is 17.9 Å². The summed E-state index contributed by atoms with van der Waals surface area (Å²) in [6, 6.07) is 13.4. The molecular formula is C30H32O8. The van der Waals surface area contributed by atoms with Crippen LogP contribution in [0.4, 0.5) is 0 Å². The quantitative estimate of drug-likeness (QED) is 0.131. The smallest absolute Gasteiger partial charge is 0.343 e. The van der Waals surface area contributed by atoms with Gasteiger partial charge in [-0.25, -0.2) is 9.59 Å². The van der Waals surface area contributed by atoms with E-state index in [0.29, 0.717) is 73.2 Å². The molecule has 2 aromatic carbocycles. The van der Waals surface area contributed by atoms with Crippen LogP contribution in [0.1, 0.15) is 59.7 Å². The number of ether oxygens (including phenoxy) is 5. The Labute approximate surface area is 222 Å². The number of benzene rings is 2. The number of carbonyl (C=O) groups excluding carboxylic acids is 3. The van der Waals surface area contributed by atoms with Crippen LogP contribution in [0.3, 0.4) is 0 Å². The molecule has 0 spiro atoms. The summed E-state index contributed by atoms with van der Waals surface area (Å²) >= 11 is 0. The second kappa shape index (κ2) is 15.0. The van der Waals surface area contributed by atoms with Crippen LogP contribution in [0.25, 0.3) is 0 Å². The van der Waals surface area contributed by atoms with Crippen LogP contribution in [0.2, 0.25) is 0 Å². The molecule has 0 fully saturated rings. The SMILES string of the molecule is C=CCOc1ccc(C(=O)OC2=CC=C(OC(=O)c3ccc(OCCCCOC(=O)CC)cc3)CC2)cc1. The molecular weight excluding hydrogens is 488 g/mol. The van der Waals surface area contributed by atoms with Gasteiger partial charge < -0.3 is 23.7 Å². The lowest BCUT2D eigenvalue weighted by Gasteiger charge is -2.15. The Morgan fingerprint density at radius 2 is 1.26 bits per heavy atom. The van der Waals surface area contributed by atoms with Gasteiger partial charge in [0.25, 0.3) is 0 Å². The van der Waals surface area contributed by atoms with E-state index in [9.17, 15) is 14.4 Å². The highest BCUT2D eigenvalue weighted by atomic mass is 16.5. The van der Waals surface area contributed by atoms with Gasteiger partial charge in [0.05, 0.1) is 24.3 Å². The molecule has 0 unspecified atom stereocenters. The van der Waals surface area contributed by atoms with E-state index in [4.69, 9.17) is 23.7 Å². The Morgan fingerprint density at radius 3 is 1.74 bits per heavy atom. The summed E-state index contributed by atoms with van der Waals surface area (Å²) in [5, 5.41) is 0. The van der Waals surface area contributed by atoms with E-state index >= 15 is 0 Å². The monoisotopic (exact) mass is 520 g/mol. The van der Waals surface area contributed by atoms with Gasteiger partial charge in [-0.05, 0) is 73.5 Å². The first-order valence-electron chi connectivity index (χ1n) is 12.5. The van der Waals surface area contributed by atoms with Crippen molar-refractivity contribution in [3.05, 3.63) is 96.0 Å². The maximum Gasteiger partial charge on any atom is 0.343 e. The van der Waals surface area contributed by atoms with Crippen LogP contribution in [0.5, 0.6) is 11.5 Å². The third-order valence-electron chi connectivity index (χ3n) is 5.43. The topological polar surface area (TPSA) is 97.4 Å². The summed E-state index contributed by atoms with van der Waals surface area (Å²) in [6.45, 7) is 6.61. The van der Waals surface area contributed by atoms with Crippen molar-refractivity contribution in [3.63, 3.8) is 0 Å². The van der Waals surface area contributed by atoms with Gasteiger partial charge in [-0.3, -0.25) is 4.79 Å². The van der Waals surface area contributed by atoms with Gasteiger partial charge in [0.2, 0.25) is 0 Å². The van der Waals surface area contributed by atoms with Gasteiger partial charge in [0.1, 0.15) is 29.6 Å². The van der Waals surface area contributed by atoms with Gasteiger partial charge in [-0.2, -0.15) is 0 Å². The molecule has 1 aliphatic rings. The van der Waals surface area contributed by atoms with E-state index in [1.165, 1.54) is 0 Å². The van der Waals surface area contributed by atoms with Crippen molar-refractivity contribution in [2.75, 3.05) is 19.8 Å². The molecule has 0 aromatic heterocycles. The maximum absolute atomic E-state index is 12.5. The molecule has 0 heterocycles. The number of rotatable bonds is 14. The molecule has 0 amide bonds. The van der Waals surface area contributed by atoms with Crippen molar-refractivity contribution in [1.82, 2.24) is 0 Å². The van der Waals surface area contributed by atoms with E-state index in [2.05, 4.69) is 6.58 Å². The van der Waals surface area contributed by atoms with Crippen molar-refractivity contribution in [3.8, 4) is 11.5 Å². The van der Waals surface area contributed by atoms with Crippen LogP contribution in [-0.2, 0) is 19.0 Å². The zero-order chi connectivity index (χ0) is 27.2. The second-order valence-corrected chi connectivity index (χ2v) is 8.32. The molecule has 3 rings (SSSR count). The van der Waals surface area contributed by atoms with E-state index in [-0.39, 0.29) is 5.97 Å². The molecule has 0 saturated carbocycles. The summed E-state index contributed by atoms with van der Waals surface area (Å²) in [4.78, 5) is 36.0. The van der Waals surface area contributed by atoms with Crippen LogP contribution in [0, 0.1) is 0 Å². The highest BCUT2D eigenvalue weighted by molar-refractivity contribution is 5.91. The predicted molar refractivity (Wildman–Crippen MR) is 141 cm³/mol. The molecule has 0 bridgehead atoms. The Hall–Kier alpha value is -4.33. The molecule has 2 aromatic rings. The van der Waals surface area contributed by atoms with Crippen molar-refractivity contribution < 1.29 is 38.1 Å². The zero-order valence-corrected chi connectivity index (χ0v) is 21.5. The number of hydrogen-bond acceptors (Lipinski definition) is 8. The molecule has 0 N–H and O–H groups in total. The summed E-state index contributed by atoms with van der Waals surface area (Å²) < 4.78 is 27.0. The first kappa shape index (κ1) is 28.2. The summed E-state index contributed by atoms with van der Waals surface area (Å²) in [5.41, 5.74) is 0.800. The highest BCUT2D eigenvalue weighted by Gasteiger charge is 2.17. The fourth-order valence-corrected chi connectivity index (χ4v) is 3.34. The first-order chi connectivity index (χ1) is 18.5. The Bertz CT molecular complexity index is 1160. The van der Waals surface area contributed by atoms with Gasteiger partial charge in [-0.1, -0.05) is 19.6 Å². The average molecular weight is 521 g/mol. The Balaban J connectivity index is 1.41. The van der Waals surface area contributed by atoms with E-state index in [1.54, 1.807) is 73.7 Å². The normalized spacial score (nSPS) is 12.4. The number of allylic oxidation sites excluding steroid dienone is 4. The lowest BCUT2D eigenvalue weighted by Crippen LogP contribution is -2.10. The van der Waals surface area contributed by atoms with Crippen LogP contribution in [0.15, 0.2) is 84.9 Å². The minimum absolute atomic E-state index is 0.203. The van der Waals surface area contributed by atoms with Crippen LogP contribution < -0.4 is 9.47 Å². The fraction of sp³-hybridized carbons (Fsp3) is 0.300. The fourth-order valence-electron chi connectivity index (χ4n) is 3.34. The summed E-state index contributed by atoms with van der Waals surface area (Å²) in [6.07, 6.45) is 7.60. The van der Waals surface area contributed by atoms with E-state index in [0.717, 1.165) is 12.8 Å². The van der Waals surface area contributed by atoms with Gasteiger partial charge in [0.15, 0.2) is 0 Å². The molecule has 8 heteroatoms. The van der Waals surface area contributed by atoms with Crippen molar-refractivity contribution in [1.29, 1.82) is 0 Å². The highest BCUT2D eigenvalue weighted by Crippen LogP contribution is 2.23. The third-order valence-corrected chi connectivity index (χ3v) is 5.43. The zero-order valence-electron chi connectivity index (χ0n) is 21.5. The lowest BCUT2D eigenvalue weighted by atomic mass is 10.1. The van der Waals surface area contributed by atoms with E-state index < -0.39 is 11.9 Å². The average Bonchev–Trinajstić information content (AvgIpc) is 2.95. The molecule has 38 heavy (non-hydrogen) atoms. The molecule has 200 valence electrons.